The first-order valence-electron chi connectivity index (χ1n) is 6.95. The van der Waals surface area contributed by atoms with Gasteiger partial charge >= 0.3 is 0 Å². The number of nitrogens with zero attached hydrogens (tertiary/aromatic N) is 1. The summed E-state index contributed by atoms with van der Waals surface area (Å²) in [5.41, 5.74) is 0. The van der Waals surface area contributed by atoms with E-state index >= 15 is 0 Å². The SMILES string of the molecule is CN1CCC(C(=O)NC2CC3CCC(C2)N3)C1. The predicted molar refractivity (Wildman–Crippen MR) is 66.7 cm³/mol. The van der Waals surface area contributed by atoms with Crippen LogP contribution in [0.4, 0.5) is 0 Å². The van der Waals surface area contributed by atoms with Gasteiger partial charge in [0.15, 0.2) is 0 Å². The summed E-state index contributed by atoms with van der Waals surface area (Å²) in [6, 6.07) is 1.74. The highest BCUT2D eigenvalue weighted by molar-refractivity contribution is 5.79. The predicted octanol–water partition coefficient (Wildman–Crippen LogP) is 0.337. The van der Waals surface area contributed by atoms with Crippen LogP contribution >= 0.6 is 0 Å². The van der Waals surface area contributed by atoms with E-state index in [-0.39, 0.29) is 5.92 Å². The van der Waals surface area contributed by atoms with Crippen molar-refractivity contribution < 1.29 is 4.79 Å². The third-order valence-electron chi connectivity index (χ3n) is 4.58. The highest BCUT2D eigenvalue weighted by Gasteiger charge is 2.35. The zero-order valence-electron chi connectivity index (χ0n) is 10.6. The highest BCUT2D eigenvalue weighted by Crippen LogP contribution is 2.27. The van der Waals surface area contributed by atoms with Gasteiger partial charge < -0.3 is 15.5 Å². The first-order valence-corrected chi connectivity index (χ1v) is 6.95. The van der Waals surface area contributed by atoms with Gasteiger partial charge in [0, 0.05) is 24.7 Å². The molecular weight excluding hydrogens is 214 g/mol. The van der Waals surface area contributed by atoms with Gasteiger partial charge in [0.25, 0.3) is 0 Å². The summed E-state index contributed by atoms with van der Waals surface area (Å²) in [6.07, 6.45) is 5.88. The van der Waals surface area contributed by atoms with Crippen molar-refractivity contribution in [3.8, 4) is 0 Å². The topological polar surface area (TPSA) is 44.4 Å². The van der Waals surface area contributed by atoms with Crippen LogP contribution in [0.5, 0.6) is 0 Å². The molecule has 4 nitrogen and oxygen atoms in total. The second kappa shape index (κ2) is 4.58. The standard InChI is InChI=1S/C13H23N3O/c1-16-5-4-9(8-16)13(17)15-12-6-10-2-3-11(7-12)14-10/h9-12,14H,2-8H2,1H3,(H,15,17). The zero-order chi connectivity index (χ0) is 11.8. The Kier molecular flexibility index (Phi) is 3.09. The largest absolute Gasteiger partial charge is 0.353 e. The van der Waals surface area contributed by atoms with Crippen molar-refractivity contribution >= 4 is 5.91 Å². The Hall–Kier alpha value is -0.610. The third kappa shape index (κ3) is 2.47. The minimum atomic E-state index is 0.229. The molecule has 4 heteroatoms. The molecule has 0 aromatic heterocycles. The van der Waals surface area contributed by atoms with Crippen LogP contribution in [0.3, 0.4) is 0 Å². The normalized spacial score (nSPS) is 41.7. The molecule has 0 aromatic carbocycles. The van der Waals surface area contributed by atoms with E-state index in [1.807, 2.05) is 0 Å². The lowest BCUT2D eigenvalue weighted by molar-refractivity contribution is -0.125. The summed E-state index contributed by atoms with van der Waals surface area (Å²) in [5.74, 6) is 0.521. The Morgan fingerprint density at radius 3 is 2.53 bits per heavy atom. The molecular formula is C13H23N3O. The van der Waals surface area contributed by atoms with E-state index in [4.69, 9.17) is 0 Å². The Morgan fingerprint density at radius 1 is 1.24 bits per heavy atom. The van der Waals surface area contributed by atoms with E-state index in [2.05, 4.69) is 22.6 Å². The number of amides is 1. The molecule has 0 spiro atoms. The van der Waals surface area contributed by atoms with Crippen molar-refractivity contribution in [1.29, 1.82) is 0 Å². The first kappa shape index (κ1) is 11.5. The van der Waals surface area contributed by atoms with Gasteiger partial charge in [-0.25, -0.2) is 0 Å². The lowest BCUT2D eigenvalue weighted by atomic mass is 9.98. The number of hydrogen-bond donors (Lipinski definition) is 2. The Bertz CT molecular complexity index is 295. The number of piperidine rings is 1. The Labute approximate surface area is 103 Å². The molecule has 3 aliphatic rings. The summed E-state index contributed by atoms with van der Waals surface area (Å²) in [7, 11) is 2.10. The van der Waals surface area contributed by atoms with Gasteiger partial charge in [-0.05, 0) is 45.7 Å². The van der Waals surface area contributed by atoms with Crippen LogP contribution in [0.25, 0.3) is 0 Å². The molecule has 3 unspecified atom stereocenters. The quantitative estimate of drug-likeness (QED) is 0.728. The van der Waals surface area contributed by atoms with E-state index in [9.17, 15) is 4.79 Å². The van der Waals surface area contributed by atoms with Gasteiger partial charge in [0.05, 0.1) is 5.92 Å². The molecule has 0 aromatic rings. The van der Waals surface area contributed by atoms with Crippen LogP contribution in [-0.2, 0) is 4.79 Å². The maximum absolute atomic E-state index is 12.1. The molecule has 3 aliphatic heterocycles. The molecule has 0 saturated carbocycles. The van der Waals surface area contributed by atoms with Gasteiger partial charge in [0.1, 0.15) is 0 Å². The smallest absolute Gasteiger partial charge is 0.224 e. The van der Waals surface area contributed by atoms with Gasteiger partial charge in [-0.15, -0.1) is 0 Å². The Balaban J connectivity index is 1.51. The van der Waals surface area contributed by atoms with Gasteiger partial charge in [0.2, 0.25) is 5.91 Å². The molecule has 2 bridgehead atoms. The molecule has 96 valence electrons. The van der Waals surface area contributed by atoms with Crippen LogP contribution in [-0.4, -0.2) is 49.1 Å². The number of fused-ring (bicyclic) bond motifs is 2. The number of likely N-dealkylation sites (tertiary alicyclic amines) is 1. The van der Waals surface area contributed by atoms with Gasteiger partial charge in [-0.1, -0.05) is 0 Å². The molecule has 0 aliphatic carbocycles. The number of nitrogens with one attached hydrogen (secondary N) is 2. The molecule has 0 radical (unpaired) electrons. The van der Waals surface area contributed by atoms with Crippen molar-refractivity contribution in [2.24, 2.45) is 5.92 Å². The van der Waals surface area contributed by atoms with Gasteiger partial charge in [-0.2, -0.15) is 0 Å². The lowest BCUT2D eigenvalue weighted by Gasteiger charge is -2.30. The Morgan fingerprint density at radius 2 is 1.94 bits per heavy atom. The van der Waals surface area contributed by atoms with Crippen molar-refractivity contribution in [3.63, 3.8) is 0 Å². The number of carbonyl (C=O) groups is 1. The molecule has 17 heavy (non-hydrogen) atoms. The van der Waals surface area contributed by atoms with Crippen LogP contribution in [0, 0.1) is 5.92 Å². The summed E-state index contributed by atoms with van der Waals surface area (Å²) < 4.78 is 0. The fourth-order valence-electron chi connectivity index (χ4n) is 3.64. The third-order valence-corrected chi connectivity index (χ3v) is 4.58. The summed E-state index contributed by atoms with van der Waals surface area (Å²) in [6.45, 7) is 2.00. The van der Waals surface area contributed by atoms with Crippen molar-refractivity contribution in [2.45, 2.75) is 50.2 Å². The average molecular weight is 237 g/mol. The average Bonchev–Trinajstić information content (AvgIpc) is 2.85. The zero-order valence-corrected chi connectivity index (χ0v) is 10.6. The molecule has 3 saturated heterocycles. The second-order valence-electron chi connectivity index (χ2n) is 6.06. The second-order valence-corrected chi connectivity index (χ2v) is 6.06. The molecule has 3 atom stereocenters. The van der Waals surface area contributed by atoms with E-state index in [0.29, 0.717) is 24.0 Å². The minimum Gasteiger partial charge on any atom is -0.353 e. The number of rotatable bonds is 2. The van der Waals surface area contributed by atoms with Crippen LogP contribution in [0.1, 0.15) is 32.1 Å². The fraction of sp³-hybridized carbons (Fsp3) is 0.923. The molecule has 3 fully saturated rings. The van der Waals surface area contributed by atoms with Crippen LogP contribution < -0.4 is 10.6 Å². The minimum absolute atomic E-state index is 0.229. The fourth-order valence-corrected chi connectivity index (χ4v) is 3.64. The number of carbonyl (C=O) groups excluding carboxylic acids is 1. The molecule has 2 N–H and O–H groups in total. The maximum atomic E-state index is 12.1. The molecule has 3 rings (SSSR count). The monoisotopic (exact) mass is 237 g/mol. The summed E-state index contributed by atoms with van der Waals surface area (Å²) in [5, 5.41) is 6.89. The van der Waals surface area contributed by atoms with E-state index in [1.54, 1.807) is 0 Å². The van der Waals surface area contributed by atoms with E-state index in [0.717, 1.165) is 32.4 Å². The van der Waals surface area contributed by atoms with Crippen LogP contribution in [0.15, 0.2) is 0 Å². The van der Waals surface area contributed by atoms with Crippen molar-refractivity contribution in [1.82, 2.24) is 15.5 Å². The van der Waals surface area contributed by atoms with Crippen LogP contribution in [0.2, 0.25) is 0 Å². The van der Waals surface area contributed by atoms with Gasteiger partial charge in [-0.3, -0.25) is 4.79 Å². The van der Waals surface area contributed by atoms with Crippen molar-refractivity contribution in [2.75, 3.05) is 20.1 Å². The van der Waals surface area contributed by atoms with E-state index < -0.39 is 0 Å². The highest BCUT2D eigenvalue weighted by atomic mass is 16.2. The number of hydrogen-bond acceptors (Lipinski definition) is 3. The summed E-state index contributed by atoms with van der Waals surface area (Å²) in [4.78, 5) is 14.4. The van der Waals surface area contributed by atoms with E-state index in [1.165, 1.54) is 12.8 Å². The summed E-state index contributed by atoms with van der Waals surface area (Å²) >= 11 is 0. The maximum Gasteiger partial charge on any atom is 0.224 e. The van der Waals surface area contributed by atoms with Crippen molar-refractivity contribution in [3.05, 3.63) is 0 Å². The first-order chi connectivity index (χ1) is 8.20. The molecule has 3 heterocycles. The molecule has 1 amide bonds. The lowest BCUT2D eigenvalue weighted by Crippen LogP contribution is -2.49.